The van der Waals surface area contributed by atoms with E-state index in [0.29, 0.717) is 0 Å². The number of nitrogens with one attached hydrogen (secondary N) is 1. The standard InChI is InChI=1S/C16H22N4O2S/c1-4-6-12(3)13-9-19-16(20(5-2)10-13)23-11-15(22)18-8-7-14(17)21/h4,6-9H,1,5,10-11H2,2-3H3,(H2,17,21)(H,18,22)/b8-7-,12-6+. The zero-order valence-corrected chi connectivity index (χ0v) is 14.2. The lowest BCUT2D eigenvalue weighted by Gasteiger charge is -2.28. The van der Waals surface area contributed by atoms with Gasteiger partial charge in [0.1, 0.15) is 0 Å². The lowest BCUT2D eigenvalue weighted by Crippen LogP contribution is -2.34. The van der Waals surface area contributed by atoms with Gasteiger partial charge in [0, 0.05) is 31.6 Å². The number of hydrogen-bond acceptors (Lipinski definition) is 5. The van der Waals surface area contributed by atoms with Gasteiger partial charge >= 0.3 is 0 Å². The zero-order valence-electron chi connectivity index (χ0n) is 13.4. The average Bonchev–Trinajstić information content (AvgIpc) is 2.52. The van der Waals surface area contributed by atoms with Gasteiger partial charge in [-0.2, -0.15) is 0 Å². The summed E-state index contributed by atoms with van der Waals surface area (Å²) in [4.78, 5) is 28.8. The molecule has 6 nitrogen and oxygen atoms in total. The molecular weight excluding hydrogens is 312 g/mol. The summed E-state index contributed by atoms with van der Waals surface area (Å²) in [7, 11) is 0. The highest BCUT2D eigenvalue weighted by Gasteiger charge is 2.17. The Balaban J connectivity index is 2.64. The van der Waals surface area contributed by atoms with Crippen LogP contribution in [0.15, 0.2) is 53.3 Å². The molecule has 7 heteroatoms. The Bertz CT molecular complexity index is 591. The summed E-state index contributed by atoms with van der Waals surface area (Å²) in [6.45, 7) is 9.31. The molecule has 0 aromatic carbocycles. The maximum atomic E-state index is 11.7. The second-order valence-electron chi connectivity index (χ2n) is 4.76. The molecule has 1 rings (SSSR count). The van der Waals surface area contributed by atoms with Crippen LogP contribution < -0.4 is 11.1 Å². The van der Waals surface area contributed by atoms with Gasteiger partial charge in [-0.05, 0) is 25.0 Å². The molecule has 124 valence electrons. The summed E-state index contributed by atoms with van der Waals surface area (Å²) in [6, 6.07) is 0. The molecule has 23 heavy (non-hydrogen) atoms. The number of carbonyl (C=O) groups is 2. The molecule has 0 fully saturated rings. The van der Waals surface area contributed by atoms with E-state index >= 15 is 0 Å². The topological polar surface area (TPSA) is 87.8 Å². The first kappa shape index (κ1) is 18.8. The number of thioether (sulfide) groups is 1. The van der Waals surface area contributed by atoms with E-state index in [1.807, 2.05) is 26.1 Å². The van der Waals surface area contributed by atoms with Crippen LogP contribution in [0.3, 0.4) is 0 Å². The third-order valence-corrected chi connectivity index (χ3v) is 4.07. The first-order valence-corrected chi connectivity index (χ1v) is 8.16. The minimum atomic E-state index is -0.604. The Hall–Kier alpha value is -2.28. The van der Waals surface area contributed by atoms with Crippen LogP contribution in [0, 0.1) is 0 Å². The van der Waals surface area contributed by atoms with Crippen LogP contribution >= 0.6 is 11.8 Å². The third-order valence-electron chi connectivity index (χ3n) is 3.04. The van der Waals surface area contributed by atoms with Crippen molar-refractivity contribution in [1.29, 1.82) is 0 Å². The fraction of sp³-hybridized carbons (Fsp3) is 0.312. The molecule has 0 saturated heterocycles. The lowest BCUT2D eigenvalue weighted by atomic mass is 10.1. The Kier molecular flexibility index (Phi) is 7.90. The minimum absolute atomic E-state index is 0.211. The van der Waals surface area contributed by atoms with Gasteiger partial charge in [-0.1, -0.05) is 30.5 Å². The van der Waals surface area contributed by atoms with Crippen molar-refractivity contribution in [1.82, 2.24) is 10.2 Å². The summed E-state index contributed by atoms with van der Waals surface area (Å²) in [5.74, 6) is -0.612. The van der Waals surface area contributed by atoms with Crippen LogP contribution in [0.5, 0.6) is 0 Å². The van der Waals surface area contributed by atoms with E-state index in [-0.39, 0.29) is 11.7 Å². The smallest absolute Gasteiger partial charge is 0.242 e. The first-order valence-electron chi connectivity index (χ1n) is 7.17. The highest BCUT2D eigenvalue weighted by molar-refractivity contribution is 8.14. The van der Waals surface area contributed by atoms with E-state index in [4.69, 9.17) is 5.73 Å². The number of amides is 2. The average molecular weight is 334 g/mol. The monoisotopic (exact) mass is 334 g/mol. The minimum Gasteiger partial charge on any atom is -0.366 e. The highest BCUT2D eigenvalue weighted by atomic mass is 32.2. The molecule has 0 unspecified atom stereocenters. The van der Waals surface area contributed by atoms with E-state index in [9.17, 15) is 9.59 Å². The maximum absolute atomic E-state index is 11.7. The maximum Gasteiger partial charge on any atom is 0.242 e. The second-order valence-corrected chi connectivity index (χ2v) is 5.70. The summed E-state index contributed by atoms with van der Waals surface area (Å²) < 4.78 is 0. The van der Waals surface area contributed by atoms with Crippen molar-refractivity contribution >= 4 is 28.7 Å². The number of rotatable bonds is 7. The van der Waals surface area contributed by atoms with Crippen LogP contribution in [-0.2, 0) is 9.59 Å². The first-order chi connectivity index (χ1) is 11.0. The van der Waals surface area contributed by atoms with Crippen LogP contribution in [0.25, 0.3) is 0 Å². The third kappa shape index (κ3) is 6.56. The number of allylic oxidation sites excluding steroid dienone is 2. The number of likely N-dealkylation sites (N-methyl/N-ethyl adjacent to an activating group) is 1. The van der Waals surface area contributed by atoms with Crippen molar-refractivity contribution in [3.63, 3.8) is 0 Å². The van der Waals surface area contributed by atoms with Crippen LogP contribution in [0.1, 0.15) is 13.8 Å². The van der Waals surface area contributed by atoms with E-state index in [1.165, 1.54) is 18.0 Å². The molecular formula is C16H22N4O2S. The van der Waals surface area contributed by atoms with Crippen LogP contribution in [0.4, 0.5) is 0 Å². The van der Waals surface area contributed by atoms with Gasteiger partial charge in [-0.15, -0.1) is 0 Å². The van der Waals surface area contributed by atoms with Crippen molar-refractivity contribution in [2.75, 3.05) is 18.8 Å². The quantitative estimate of drug-likeness (QED) is 0.546. The molecule has 0 spiro atoms. The summed E-state index contributed by atoms with van der Waals surface area (Å²) >= 11 is 1.35. The Morgan fingerprint density at radius 1 is 1.57 bits per heavy atom. The van der Waals surface area contributed by atoms with E-state index < -0.39 is 5.91 Å². The summed E-state index contributed by atoms with van der Waals surface area (Å²) in [5.41, 5.74) is 7.19. The van der Waals surface area contributed by atoms with Crippen molar-refractivity contribution in [2.24, 2.45) is 10.7 Å². The Morgan fingerprint density at radius 3 is 2.91 bits per heavy atom. The second kappa shape index (κ2) is 9.68. The molecule has 0 saturated carbocycles. The molecule has 1 aliphatic rings. The molecule has 0 radical (unpaired) electrons. The SMILES string of the molecule is C=C/C=C(\C)C1=CN=C(SCC(=O)N/C=C\C(N)=O)N(CC)C1. The number of nitrogens with two attached hydrogens (primary N) is 1. The molecule has 2 amide bonds. The summed E-state index contributed by atoms with van der Waals surface area (Å²) in [6.07, 6.45) is 7.88. The molecule has 0 aromatic heterocycles. The fourth-order valence-corrected chi connectivity index (χ4v) is 2.65. The van der Waals surface area contributed by atoms with Crippen molar-refractivity contribution in [3.05, 3.63) is 48.4 Å². The summed E-state index contributed by atoms with van der Waals surface area (Å²) in [5, 5.41) is 3.28. The van der Waals surface area contributed by atoms with Gasteiger partial charge in [-0.3, -0.25) is 9.59 Å². The molecule has 3 N–H and O–H groups in total. The van der Waals surface area contributed by atoms with Crippen LogP contribution in [0.2, 0.25) is 0 Å². The zero-order chi connectivity index (χ0) is 17.2. The van der Waals surface area contributed by atoms with Gasteiger partial charge in [0.25, 0.3) is 0 Å². The molecule has 0 atom stereocenters. The predicted molar refractivity (Wildman–Crippen MR) is 95.7 cm³/mol. The van der Waals surface area contributed by atoms with Gasteiger partial charge in [0.2, 0.25) is 11.8 Å². The lowest BCUT2D eigenvalue weighted by molar-refractivity contribution is -0.117. The molecule has 1 aliphatic heterocycles. The highest BCUT2D eigenvalue weighted by Crippen LogP contribution is 2.20. The fourth-order valence-electron chi connectivity index (χ4n) is 1.80. The van der Waals surface area contributed by atoms with E-state index in [2.05, 4.69) is 21.8 Å². The number of aliphatic imine (C=N–C) groups is 1. The van der Waals surface area contributed by atoms with Crippen molar-refractivity contribution in [2.45, 2.75) is 13.8 Å². The molecule has 0 bridgehead atoms. The number of nitrogens with zero attached hydrogens (tertiary/aromatic N) is 2. The Labute approximate surface area is 140 Å². The molecule has 1 heterocycles. The predicted octanol–water partition coefficient (Wildman–Crippen LogP) is 1.54. The normalized spacial score (nSPS) is 15.2. The van der Waals surface area contributed by atoms with Crippen molar-refractivity contribution < 1.29 is 9.59 Å². The van der Waals surface area contributed by atoms with Gasteiger partial charge < -0.3 is 16.0 Å². The number of amidine groups is 1. The number of primary amides is 1. The van der Waals surface area contributed by atoms with Gasteiger partial charge in [0.15, 0.2) is 5.17 Å². The van der Waals surface area contributed by atoms with E-state index in [0.717, 1.165) is 35.5 Å². The number of carbonyl (C=O) groups excluding carboxylic acids is 2. The van der Waals surface area contributed by atoms with Crippen LogP contribution in [-0.4, -0.2) is 40.7 Å². The van der Waals surface area contributed by atoms with Crippen molar-refractivity contribution in [3.8, 4) is 0 Å². The van der Waals surface area contributed by atoms with Gasteiger partial charge in [-0.25, -0.2) is 4.99 Å². The molecule has 0 aromatic rings. The largest absolute Gasteiger partial charge is 0.366 e. The van der Waals surface area contributed by atoms with E-state index in [1.54, 1.807) is 6.08 Å². The molecule has 0 aliphatic carbocycles. The number of hydrogen-bond donors (Lipinski definition) is 2. The van der Waals surface area contributed by atoms with Gasteiger partial charge in [0.05, 0.1) is 5.75 Å². The Morgan fingerprint density at radius 2 is 2.30 bits per heavy atom.